The highest BCUT2D eigenvalue weighted by Gasteiger charge is 2.30. The van der Waals surface area contributed by atoms with E-state index in [4.69, 9.17) is 9.47 Å². The average Bonchev–Trinajstić information content (AvgIpc) is 3.01. The van der Waals surface area contributed by atoms with Crippen molar-refractivity contribution in [2.24, 2.45) is 0 Å². The number of methoxy groups -OCH3 is 1. The molecule has 2 amide bonds. The topological polar surface area (TPSA) is 128 Å². The van der Waals surface area contributed by atoms with Crippen LogP contribution in [0.2, 0.25) is 0 Å². The lowest BCUT2D eigenvalue weighted by molar-refractivity contribution is -0.143. The molecule has 0 fully saturated rings. The van der Waals surface area contributed by atoms with E-state index in [1.54, 1.807) is 31.2 Å². The second kappa shape index (κ2) is 8.64. The van der Waals surface area contributed by atoms with Gasteiger partial charge in [0.1, 0.15) is 5.75 Å². The van der Waals surface area contributed by atoms with Gasteiger partial charge in [-0.25, -0.2) is 13.1 Å². The molecule has 1 heterocycles. The van der Waals surface area contributed by atoms with E-state index in [9.17, 15) is 22.8 Å². The number of rotatable bonds is 8. The van der Waals surface area contributed by atoms with Gasteiger partial charge in [0, 0.05) is 0 Å². The van der Waals surface area contributed by atoms with E-state index in [-0.39, 0.29) is 29.1 Å². The Morgan fingerprint density at radius 3 is 2.53 bits per heavy atom. The third-order valence-corrected chi connectivity index (χ3v) is 5.96. The van der Waals surface area contributed by atoms with E-state index >= 15 is 0 Å². The Labute approximate surface area is 173 Å². The van der Waals surface area contributed by atoms with Gasteiger partial charge < -0.3 is 9.47 Å². The number of sulfonamides is 1. The third kappa shape index (κ3) is 4.50. The summed E-state index contributed by atoms with van der Waals surface area (Å²) in [6.07, 6.45) is -0.246. The molecule has 0 spiro atoms. The predicted octanol–water partition coefficient (Wildman–Crippen LogP) is 1.55. The molecular weight excluding hydrogens is 412 g/mol. The summed E-state index contributed by atoms with van der Waals surface area (Å²) >= 11 is 0. The summed E-state index contributed by atoms with van der Waals surface area (Å²) in [5, 5.41) is 2.11. The van der Waals surface area contributed by atoms with Gasteiger partial charge in [0.15, 0.2) is 0 Å². The third-order valence-electron chi connectivity index (χ3n) is 4.49. The number of hydrogen-bond donors (Lipinski definition) is 2. The first-order valence-corrected chi connectivity index (χ1v) is 10.5. The highest BCUT2D eigenvalue weighted by atomic mass is 32.2. The van der Waals surface area contributed by atoms with Crippen LogP contribution in [0.3, 0.4) is 0 Å². The minimum absolute atomic E-state index is 0.0220. The first-order chi connectivity index (χ1) is 14.2. The van der Waals surface area contributed by atoms with E-state index in [2.05, 4.69) is 10.0 Å². The second-order valence-electron chi connectivity index (χ2n) is 6.45. The van der Waals surface area contributed by atoms with E-state index in [1.807, 2.05) is 0 Å². The van der Waals surface area contributed by atoms with Crippen LogP contribution in [0.5, 0.6) is 5.75 Å². The molecule has 30 heavy (non-hydrogen) atoms. The number of amides is 2. The monoisotopic (exact) mass is 432 g/mol. The number of ether oxygens (including phenoxy) is 2. The molecule has 1 aliphatic heterocycles. The summed E-state index contributed by atoms with van der Waals surface area (Å²) < 4.78 is 38.6. The first-order valence-electron chi connectivity index (χ1n) is 9.06. The maximum absolute atomic E-state index is 13.0. The zero-order chi connectivity index (χ0) is 21.9. The van der Waals surface area contributed by atoms with E-state index in [0.29, 0.717) is 11.3 Å². The van der Waals surface area contributed by atoms with E-state index < -0.39 is 33.8 Å². The Morgan fingerprint density at radius 2 is 1.83 bits per heavy atom. The molecule has 158 valence electrons. The number of nitrogens with one attached hydrogen (secondary N) is 2. The molecule has 0 radical (unpaired) electrons. The average molecular weight is 432 g/mol. The number of carbonyl (C=O) groups excluding carboxylic acids is 3. The fourth-order valence-corrected chi connectivity index (χ4v) is 4.29. The van der Waals surface area contributed by atoms with Crippen molar-refractivity contribution in [3.8, 4) is 5.75 Å². The van der Waals surface area contributed by atoms with Crippen LogP contribution in [0, 0.1) is 0 Å². The van der Waals surface area contributed by atoms with Crippen molar-refractivity contribution < 1.29 is 32.3 Å². The molecule has 0 saturated heterocycles. The Kier molecular flexibility index (Phi) is 6.18. The lowest BCUT2D eigenvalue weighted by Gasteiger charge is -2.19. The van der Waals surface area contributed by atoms with E-state index in [1.165, 1.54) is 19.2 Å². The molecule has 2 aromatic rings. The molecule has 10 heteroatoms. The second-order valence-corrected chi connectivity index (χ2v) is 8.16. The van der Waals surface area contributed by atoms with Crippen LogP contribution in [0.25, 0.3) is 0 Å². The van der Waals surface area contributed by atoms with Crippen molar-refractivity contribution in [2.75, 3.05) is 13.7 Å². The molecule has 0 bridgehead atoms. The number of carbonyl (C=O) groups is 3. The van der Waals surface area contributed by atoms with Gasteiger partial charge in [0.25, 0.3) is 11.8 Å². The molecule has 1 unspecified atom stereocenters. The predicted molar refractivity (Wildman–Crippen MR) is 106 cm³/mol. The quantitative estimate of drug-likeness (QED) is 0.478. The van der Waals surface area contributed by atoms with Gasteiger partial charge in [-0.05, 0) is 42.8 Å². The van der Waals surface area contributed by atoms with Gasteiger partial charge in [0.05, 0.1) is 42.2 Å². The zero-order valence-electron chi connectivity index (χ0n) is 16.3. The maximum atomic E-state index is 13.0. The van der Waals surface area contributed by atoms with Crippen LogP contribution in [0.1, 0.15) is 45.7 Å². The fourth-order valence-electron chi connectivity index (χ4n) is 3.04. The van der Waals surface area contributed by atoms with Gasteiger partial charge in [-0.1, -0.05) is 12.1 Å². The largest absolute Gasteiger partial charge is 0.497 e. The summed E-state index contributed by atoms with van der Waals surface area (Å²) in [4.78, 5) is 35.4. The summed E-state index contributed by atoms with van der Waals surface area (Å²) in [7, 11) is -2.67. The van der Waals surface area contributed by atoms with Gasteiger partial charge >= 0.3 is 5.97 Å². The minimum Gasteiger partial charge on any atom is -0.497 e. The SMILES string of the molecule is CCOC(=O)CC(NS(=O)(=O)c1ccc2c(c1)C(=O)NC2=O)c1cccc(OC)c1. The van der Waals surface area contributed by atoms with Crippen molar-refractivity contribution in [3.63, 3.8) is 0 Å². The van der Waals surface area contributed by atoms with Crippen LogP contribution >= 0.6 is 0 Å². The fraction of sp³-hybridized carbons (Fsp3) is 0.250. The lowest BCUT2D eigenvalue weighted by Crippen LogP contribution is -2.31. The van der Waals surface area contributed by atoms with Crippen LogP contribution < -0.4 is 14.8 Å². The molecular formula is C20H20N2O7S. The number of imide groups is 1. The van der Waals surface area contributed by atoms with Crippen molar-refractivity contribution in [2.45, 2.75) is 24.3 Å². The van der Waals surface area contributed by atoms with Gasteiger partial charge in [-0.15, -0.1) is 0 Å². The Hall–Kier alpha value is -3.24. The Morgan fingerprint density at radius 1 is 1.10 bits per heavy atom. The van der Waals surface area contributed by atoms with Crippen molar-refractivity contribution in [1.82, 2.24) is 10.0 Å². The number of benzene rings is 2. The highest BCUT2D eigenvalue weighted by molar-refractivity contribution is 7.89. The van der Waals surface area contributed by atoms with Crippen LogP contribution in [-0.4, -0.2) is 39.9 Å². The standard InChI is InChI=1S/C20H20N2O7S/c1-3-29-18(23)11-17(12-5-4-6-13(9-12)28-2)22-30(26,27)14-7-8-15-16(10-14)20(25)21-19(15)24/h4-10,17,22H,3,11H2,1-2H3,(H,21,24,25). The first kappa shape index (κ1) is 21.5. The number of fused-ring (bicyclic) bond motifs is 1. The maximum Gasteiger partial charge on any atom is 0.307 e. The van der Waals surface area contributed by atoms with E-state index in [0.717, 1.165) is 6.07 Å². The van der Waals surface area contributed by atoms with Crippen LogP contribution in [0.15, 0.2) is 47.4 Å². The Bertz CT molecular complexity index is 1110. The molecule has 0 saturated carbocycles. The van der Waals surface area contributed by atoms with Gasteiger partial charge in [-0.3, -0.25) is 19.7 Å². The minimum atomic E-state index is -4.14. The van der Waals surface area contributed by atoms with Crippen molar-refractivity contribution in [1.29, 1.82) is 0 Å². The smallest absolute Gasteiger partial charge is 0.307 e. The molecule has 1 aliphatic rings. The summed E-state index contributed by atoms with van der Waals surface area (Å²) in [6, 6.07) is 9.33. The van der Waals surface area contributed by atoms with Gasteiger partial charge in [-0.2, -0.15) is 0 Å². The molecule has 1 atom stereocenters. The van der Waals surface area contributed by atoms with Crippen LogP contribution in [-0.2, 0) is 19.6 Å². The molecule has 0 aromatic heterocycles. The summed E-state index contributed by atoms with van der Waals surface area (Å²) in [5.41, 5.74) is 0.584. The summed E-state index contributed by atoms with van der Waals surface area (Å²) in [6.45, 7) is 1.81. The van der Waals surface area contributed by atoms with Gasteiger partial charge in [0.2, 0.25) is 10.0 Å². The molecule has 2 N–H and O–H groups in total. The van der Waals surface area contributed by atoms with Crippen LogP contribution in [0.4, 0.5) is 0 Å². The van der Waals surface area contributed by atoms with Crippen molar-refractivity contribution >= 4 is 27.8 Å². The lowest BCUT2D eigenvalue weighted by atomic mass is 10.0. The number of esters is 1. The highest BCUT2D eigenvalue weighted by Crippen LogP contribution is 2.26. The summed E-state index contributed by atoms with van der Waals surface area (Å²) in [5.74, 6) is -1.33. The molecule has 2 aromatic carbocycles. The van der Waals surface area contributed by atoms with Crippen molar-refractivity contribution in [3.05, 3.63) is 59.2 Å². The number of hydrogen-bond acceptors (Lipinski definition) is 7. The molecule has 9 nitrogen and oxygen atoms in total. The Balaban J connectivity index is 1.94. The normalized spacial score (nSPS) is 14.1. The zero-order valence-corrected chi connectivity index (χ0v) is 17.1. The molecule has 0 aliphatic carbocycles. The molecule has 3 rings (SSSR count).